The highest BCUT2D eigenvalue weighted by Crippen LogP contribution is 2.15. The minimum absolute atomic E-state index is 0. The fourth-order valence-electron chi connectivity index (χ4n) is 2.95. The van der Waals surface area contributed by atoms with Crippen molar-refractivity contribution in [2.75, 3.05) is 45.9 Å². The Morgan fingerprint density at radius 1 is 1.17 bits per heavy atom. The van der Waals surface area contributed by atoms with E-state index in [0.29, 0.717) is 37.0 Å². The molecule has 1 amide bonds. The van der Waals surface area contributed by atoms with E-state index in [1.165, 1.54) is 6.26 Å². The zero-order valence-corrected chi connectivity index (χ0v) is 19.4. The molecule has 1 aliphatic heterocycles. The Morgan fingerprint density at radius 2 is 1.86 bits per heavy atom. The van der Waals surface area contributed by atoms with Gasteiger partial charge in [-0.3, -0.25) is 4.79 Å². The highest BCUT2D eigenvalue weighted by molar-refractivity contribution is 14.0. The van der Waals surface area contributed by atoms with E-state index >= 15 is 0 Å². The number of nitrogens with one attached hydrogen (secondary N) is 1. The van der Waals surface area contributed by atoms with Gasteiger partial charge in [0.15, 0.2) is 11.7 Å². The van der Waals surface area contributed by atoms with Crippen LogP contribution in [0.3, 0.4) is 0 Å². The first-order valence-electron chi connectivity index (χ1n) is 9.42. The van der Waals surface area contributed by atoms with Gasteiger partial charge in [-0.15, -0.1) is 24.0 Å². The van der Waals surface area contributed by atoms with Crippen molar-refractivity contribution < 1.29 is 13.9 Å². The van der Waals surface area contributed by atoms with E-state index in [9.17, 15) is 4.79 Å². The first-order chi connectivity index (χ1) is 13.7. The van der Waals surface area contributed by atoms with Crippen LogP contribution in [0.5, 0.6) is 5.75 Å². The SMILES string of the molecule is CCNC(=NCCOc1ccc(Cl)cc1)N1CCN(C(=O)c2ccco2)CC1.I. The number of furan rings is 1. The number of aliphatic imine (C=N–C) groups is 1. The third-order valence-corrected chi connectivity index (χ3v) is 4.62. The largest absolute Gasteiger partial charge is 0.492 e. The summed E-state index contributed by atoms with van der Waals surface area (Å²) in [5.41, 5.74) is 0. The minimum Gasteiger partial charge on any atom is -0.492 e. The van der Waals surface area contributed by atoms with Crippen LogP contribution in [0.1, 0.15) is 17.5 Å². The maximum atomic E-state index is 12.4. The van der Waals surface area contributed by atoms with Crippen LogP contribution in [-0.4, -0.2) is 67.5 Å². The number of guanidine groups is 1. The van der Waals surface area contributed by atoms with Gasteiger partial charge in [-0.05, 0) is 43.3 Å². The summed E-state index contributed by atoms with van der Waals surface area (Å²) in [4.78, 5) is 21.0. The maximum Gasteiger partial charge on any atom is 0.289 e. The van der Waals surface area contributed by atoms with Crippen molar-refractivity contribution in [3.8, 4) is 5.75 Å². The van der Waals surface area contributed by atoms with Crippen LogP contribution in [0.2, 0.25) is 5.02 Å². The lowest BCUT2D eigenvalue weighted by atomic mass is 10.3. The summed E-state index contributed by atoms with van der Waals surface area (Å²) in [6, 6.07) is 10.7. The molecule has 2 heterocycles. The van der Waals surface area contributed by atoms with Gasteiger partial charge in [0.05, 0.1) is 12.8 Å². The Morgan fingerprint density at radius 3 is 2.48 bits per heavy atom. The molecule has 0 bridgehead atoms. The van der Waals surface area contributed by atoms with Gasteiger partial charge in [-0.25, -0.2) is 4.99 Å². The zero-order chi connectivity index (χ0) is 19.8. The number of ether oxygens (including phenoxy) is 1. The lowest BCUT2D eigenvalue weighted by Crippen LogP contribution is -2.53. The summed E-state index contributed by atoms with van der Waals surface area (Å²) < 4.78 is 10.9. The Labute approximate surface area is 193 Å². The summed E-state index contributed by atoms with van der Waals surface area (Å²) in [5.74, 6) is 1.93. The molecule has 3 rings (SSSR count). The number of hydrogen-bond acceptors (Lipinski definition) is 4. The van der Waals surface area contributed by atoms with Gasteiger partial charge < -0.3 is 24.3 Å². The van der Waals surface area contributed by atoms with Crippen LogP contribution < -0.4 is 10.1 Å². The van der Waals surface area contributed by atoms with Gasteiger partial charge in [0.25, 0.3) is 5.91 Å². The molecule has 1 saturated heterocycles. The van der Waals surface area contributed by atoms with Crippen molar-refractivity contribution in [2.24, 2.45) is 4.99 Å². The number of carbonyl (C=O) groups is 1. The second-order valence-corrected chi connectivity index (χ2v) is 6.73. The maximum absolute atomic E-state index is 12.4. The quantitative estimate of drug-likeness (QED) is 0.267. The third-order valence-electron chi connectivity index (χ3n) is 4.37. The molecular formula is C20H26ClIN4O3. The first kappa shape index (κ1) is 23.3. The molecule has 9 heteroatoms. The molecular weight excluding hydrogens is 507 g/mol. The van der Waals surface area contributed by atoms with Crippen LogP contribution in [-0.2, 0) is 0 Å². The Balaban J connectivity index is 0.00000300. The molecule has 0 radical (unpaired) electrons. The van der Waals surface area contributed by atoms with E-state index in [2.05, 4.69) is 15.2 Å². The monoisotopic (exact) mass is 532 g/mol. The third kappa shape index (κ3) is 6.81. The van der Waals surface area contributed by atoms with Gasteiger partial charge in [0.1, 0.15) is 12.4 Å². The molecule has 0 atom stereocenters. The number of halogens is 2. The fraction of sp³-hybridized carbons (Fsp3) is 0.400. The normalized spacial score (nSPS) is 14.3. The smallest absolute Gasteiger partial charge is 0.289 e. The molecule has 0 unspecified atom stereocenters. The second-order valence-electron chi connectivity index (χ2n) is 6.29. The number of piperazine rings is 1. The number of benzene rings is 1. The lowest BCUT2D eigenvalue weighted by molar-refractivity contribution is 0.0657. The number of carbonyl (C=O) groups excluding carboxylic acids is 1. The molecule has 1 N–H and O–H groups in total. The fourth-order valence-corrected chi connectivity index (χ4v) is 3.08. The minimum atomic E-state index is -0.0667. The van der Waals surface area contributed by atoms with Crippen LogP contribution in [0.25, 0.3) is 0 Å². The van der Waals surface area contributed by atoms with Crippen LogP contribution in [0, 0.1) is 0 Å². The number of rotatable bonds is 6. The van der Waals surface area contributed by atoms with Crippen molar-refractivity contribution in [2.45, 2.75) is 6.92 Å². The van der Waals surface area contributed by atoms with Crippen LogP contribution in [0.4, 0.5) is 0 Å². The summed E-state index contributed by atoms with van der Waals surface area (Å²) in [7, 11) is 0. The number of nitrogens with zero attached hydrogens (tertiary/aromatic N) is 3. The molecule has 29 heavy (non-hydrogen) atoms. The average Bonchev–Trinajstić information content (AvgIpc) is 3.26. The van der Waals surface area contributed by atoms with E-state index < -0.39 is 0 Å². The van der Waals surface area contributed by atoms with Crippen molar-refractivity contribution >= 4 is 47.4 Å². The molecule has 7 nitrogen and oxygen atoms in total. The predicted octanol–water partition coefficient (Wildman–Crippen LogP) is 3.35. The Hall–Kier alpha value is -1.94. The molecule has 1 aromatic carbocycles. The van der Waals surface area contributed by atoms with Gasteiger partial charge in [0, 0.05) is 37.7 Å². The zero-order valence-electron chi connectivity index (χ0n) is 16.3. The van der Waals surface area contributed by atoms with Crippen LogP contribution >= 0.6 is 35.6 Å². The molecule has 1 aliphatic rings. The van der Waals surface area contributed by atoms with Crippen molar-refractivity contribution in [3.05, 3.63) is 53.4 Å². The van der Waals surface area contributed by atoms with Crippen molar-refractivity contribution in [1.29, 1.82) is 0 Å². The number of hydrogen-bond donors (Lipinski definition) is 1. The molecule has 0 aliphatic carbocycles. The molecule has 158 valence electrons. The summed E-state index contributed by atoms with van der Waals surface area (Å²) in [6.07, 6.45) is 1.52. The summed E-state index contributed by atoms with van der Waals surface area (Å²) >= 11 is 5.87. The highest BCUT2D eigenvalue weighted by atomic mass is 127. The van der Waals surface area contributed by atoms with Crippen molar-refractivity contribution in [1.82, 2.24) is 15.1 Å². The Kier molecular flexibility index (Phi) is 9.59. The van der Waals surface area contributed by atoms with E-state index in [0.717, 1.165) is 31.3 Å². The topological polar surface area (TPSA) is 70.3 Å². The summed E-state index contributed by atoms with van der Waals surface area (Å²) in [6.45, 7) is 6.53. The first-order valence-corrected chi connectivity index (χ1v) is 9.79. The second kappa shape index (κ2) is 11.9. The van der Waals surface area contributed by atoms with Crippen LogP contribution in [0.15, 0.2) is 52.1 Å². The average molecular weight is 533 g/mol. The molecule has 1 fully saturated rings. The predicted molar refractivity (Wildman–Crippen MR) is 125 cm³/mol. The van der Waals surface area contributed by atoms with E-state index in [1.54, 1.807) is 24.3 Å². The van der Waals surface area contributed by atoms with Gasteiger partial charge >= 0.3 is 0 Å². The standard InChI is InChI=1S/C20H25ClN4O3.HI/c1-2-22-20(23-9-15-27-17-7-5-16(21)6-8-17)25-12-10-24(11-13-25)19(26)18-4-3-14-28-18;/h3-8,14H,2,9-13,15H2,1H3,(H,22,23);1H. The molecule has 0 spiro atoms. The molecule has 1 aromatic heterocycles. The number of amides is 1. The van der Waals surface area contributed by atoms with Crippen molar-refractivity contribution in [3.63, 3.8) is 0 Å². The van der Waals surface area contributed by atoms with Gasteiger partial charge in [0.2, 0.25) is 0 Å². The highest BCUT2D eigenvalue weighted by Gasteiger charge is 2.25. The molecule has 2 aromatic rings. The summed E-state index contributed by atoms with van der Waals surface area (Å²) in [5, 5.41) is 4.00. The van der Waals surface area contributed by atoms with E-state index in [-0.39, 0.29) is 29.9 Å². The van der Waals surface area contributed by atoms with Gasteiger partial charge in [-0.2, -0.15) is 0 Å². The Bertz CT molecular complexity index is 776. The van der Waals surface area contributed by atoms with Gasteiger partial charge in [-0.1, -0.05) is 11.6 Å². The lowest BCUT2D eigenvalue weighted by Gasteiger charge is -2.36. The van der Waals surface area contributed by atoms with E-state index in [1.807, 2.05) is 24.0 Å². The van der Waals surface area contributed by atoms with E-state index in [4.69, 9.17) is 20.8 Å². The molecule has 0 saturated carbocycles.